The maximum Gasteiger partial charge on any atom is 0.229 e. The molecule has 1 aromatic heterocycles. The third-order valence-electron chi connectivity index (χ3n) is 3.04. The van der Waals surface area contributed by atoms with Crippen molar-refractivity contribution < 1.29 is 4.74 Å². The molecule has 3 aromatic rings. The Hall–Kier alpha value is -2.46. The van der Waals surface area contributed by atoms with Crippen molar-refractivity contribution >= 4 is 11.3 Å². The molecule has 0 saturated carbocycles. The van der Waals surface area contributed by atoms with Gasteiger partial charge in [0.25, 0.3) is 0 Å². The van der Waals surface area contributed by atoms with Crippen LogP contribution in [0.1, 0.15) is 5.56 Å². The largest absolute Gasteiger partial charge is 0.485 e. The summed E-state index contributed by atoms with van der Waals surface area (Å²) in [6.45, 7) is 0.372. The zero-order valence-electron chi connectivity index (χ0n) is 11.2. The average Bonchev–Trinajstić information content (AvgIpc) is 2.98. The Labute approximate surface area is 126 Å². The van der Waals surface area contributed by atoms with Crippen molar-refractivity contribution in [1.82, 2.24) is 4.98 Å². The maximum absolute atomic E-state index is 12.5. The van der Waals surface area contributed by atoms with Crippen LogP contribution in [0.2, 0.25) is 0 Å². The highest BCUT2D eigenvalue weighted by atomic mass is 32.1. The van der Waals surface area contributed by atoms with Crippen LogP contribution in [-0.2, 0) is 6.61 Å². The third-order valence-corrected chi connectivity index (χ3v) is 3.62. The van der Waals surface area contributed by atoms with E-state index in [4.69, 9.17) is 4.74 Å². The van der Waals surface area contributed by atoms with Crippen LogP contribution in [0.4, 0.5) is 0 Å². The lowest BCUT2D eigenvalue weighted by atomic mass is 10.2. The molecule has 0 atom stereocenters. The minimum Gasteiger partial charge on any atom is -0.485 e. The molecule has 2 aromatic carbocycles. The van der Waals surface area contributed by atoms with Gasteiger partial charge in [0.2, 0.25) is 5.43 Å². The Morgan fingerprint density at radius 1 is 1.00 bits per heavy atom. The molecule has 0 fully saturated rings. The van der Waals surface area contributed by atoms with E-state index in [0.29, 0.717) is 23.6 Å². The molecule has 0 spiro atoms. The first kappa shape index (κ1) is 13.5. The summed E-state index contributed by atoms with van der Waals surface area (Å²) in [5.74, 6) is 0.340. The summed E-state index contributed by atoms with van der Waals surface area (Å²) >= 11 is 1.46. The average molecular weight is 295 g/mol. The van der Waals surface area contributed by atoms with Crippen LogP contribution in [0.25, 0.3) is 11.3 Å². The lowest BCUT2D eigenvalue weighted by Gasteiger charge is -2.04. The van der Waals surface area contributed by atoms with Crippen molar-refractivity contribution in [1.29, 1.82) is 0 Å². The first-order valence-electron chi connectivity index (χ1n) is 6.53. The van der Waals surface area contributed by atoms with Gasteiger partial charge < -0.3 is 4.74 Å². The van der Waals surface area contributed by atoms with E-state index in [2.05, 4.69) is 4.98 Å². The zero-order valence-corrected chi connectivity index (χ0v) is 12.0. The van der Waals surface area contributed by atoms with E-state index in [-0.39, 0.29) is 5.43 Å². The highest BCUT2D eigenvalue weighted by molar-refractivity contribution is 7.07. The Morgan fingerprint density at radius 3 is 2.52 bits per heavy atom. The summed E-state index contributed by atoms with van der Waals surface area (Å²) in [5.41, 5.74) is 3.85. The Kier molecular flexibility index (Phi) is 4.07. The summed E-state index contributed by atoms with van der Waals surface area (Å²) in [5, 5.41) is 1.86. The Balaban J connectivity index is 1.91. The summed E-state index contributed by atoms with van der Waals surface area (Å²) in [7, 11) is 0. The van der Waals surface area contributed by atoms with Crippen LogP contribution >= 0.6 is 11.3 Å². The number of hydrogen-bond donors (Lipinski definition) is 0. The second-order valence-corrected chi connectivity index (χ2v) is 5.19. The molecule has 104 valence electrons. The smallest absolute Gasteiger partial charge is 0.229 e. The minimum absolute atomic E-state index is 0.137. The quantitative estimate of drug-likeness (QED) is 0.736. The normalized spacial score (nSPS) is 10.3. The number of rotatable bonds is 4. The molecule has 0 radical (unpaired) electrons. The van der Waals surface area contributed by atoms with Gasteiger partial charge in [-0.2, -0.15) is 0 Å². The second kappa shape index (κ2) is 6.33. The van der Waals surface area contributed by atoms with Crippen LogP contribution in [0, 0.1) is 0 Å². The maximum atomic E-state index is 12.5. The van der Waals surface area contributed by atoms with Gasteiger partial charge in [-0.25, -0.2) is 4.98 Å². The van der Waals surface area contributed by atoms with Crippen molar-refractivity contribution in [3.8, 4) is 17.0 Å². The molecule has 1 heterocycles. The lowest BCUT2D eigenvalue weighted by molar-refractivity contribution is 0.304. The number of aromatic nitrogens is 1. The Morgan fingerprint density at radius 2 is 1.76 bits per heavy atom. The molecule has 3 nitrogen and oxygen atoms in total. The van der Waals surface area contributed by atoms with Crippen LogP contribution < -0.4 is 10.2 Å². The van der Waals surface area contributed by atoms with E-state index >= 15 is 0 Å². The summed E-state index contributed by atoms with van der Waals surface area (Å²) in [6.07, 6.45) is 0. The van der Waals surface area contributed by atoms with Gasteiger partial charge >= 0.3 is 0 Å². The van der Waals surface area contributed by atoms with E-state index in [1.54, 1.807) is 23.7 Å². The highest BCUT2D eigenvalue weighted by Gasteiger charge is 2.08. The van der Waals surface area contributed by atoms with E-state index in [9.17, 15) is 4.79 Å². The van der Waals surface area contributed by atoms with Gasteiger partial charge in [-0.05, 0) is 17.7 Å². The van der Waals surface area contributed by atoms with Crippen molar-refractivity contribution in [3.05, 3.63) is 81.3 Å². The molecular weight excluding hydrogens is 282 g/mol. The molecule has 0 aliphatic heterocycles. The van der Waals surface area contributed by atoms with E-state index < -0.39 is 0 Å². The number of benzene rings is 1. The van der Waals surface area contributed by atoms with Gasteiger partial charge in [0.15, 0.2) is 5.75 Å². The fourth-order valence-corrected chi connectivity index (χ4v) is 2.53. The number of nitrogens with zero attached hydrogens (tertiary/aromatic N) is 1. The molecule has 0 unspecified atom stereocenters. The first-order valence-corrected chi connectivity index (χ1v) is 7.47. The van der Waals surface area contributed by atoms with Crippen molar-refractivity contribution in [3.63, 3.8) is 0 Å². The van der Waals surface area contributed by atoms with Crippen molar-refractivity contribution in [2.45, 2.75) is 6.61 Å². The fourth-order valence-electron chi connectivity index (χ4n) is 1.98. The van der Waals surface area contributed by atoms with Gasteiger partial charge in [-0.15, -0.1) is 11.3 Å². The van der Waals surface area contributed by atoms with E-state index in [0.717, 1.165) is 5.56 Å². The molecule has 0 aliphatic rings. The monoisotopic (exact) mass is 295 g/mol. The summed E-state index contributed by atoms with van der Waals surface area (Å²) < 4.78 is 5.68. The van der Waals surface area contributed by atoms with Crippen molar-refractivity contribution in [2.24, 2.45) is 0 Å². The first-order chi connectivity index (χ1) is 10.3. The minimum atomic E-state index is -0.137. The van der Waals surface area contributed by atoms with Crippen LogP contribution in [-0.4, -0.2) is 4.98 Å². The fraction of sp³-hybridized carbons (Fsp3) is 0.0588. The molecule has 0 saturated heterocycles. The molecule has 0 bridgehead atoms. The molecule has 21 heavy (non-hydrogen) atoms. The number of hydrogen-bond acceptors (Lipinski definition) is 4. The van der Waals surface area contributed by atoms with Crippen LogP contribution in [0.15, 0.2) is 70.3 Å². The molecule has 4 heteroatoms. The lowest BCUT2D eigenvalue weighted by Crippen LogP contribution is -2.08. The second-order valence-electron chi connectivity index (χ2n) is 4.47. The number of thiazole rings is 1. The zero-order chi connectivity index (χ0) is 14.5. The van der Waals surface area contributed by atoms with Gasteiger partial charge in [0.1, 0.15) is 6.61 Å². The highest BCUT2D eigenvalue weighted by Crippen LogP contribution is 2.17. The van der Waals surface area contributed by atoms with Gasteiger partial charge in [0.05, 0.1) is 16.8 Å². The van der Waals surface area contributed by atoms with Crippen LogP contribution in [0.5, 0.6) is 5.75 Å². The topological polar surface area (TPSA) is 39.2 Å². The predicted molar refractivity (Wildman–Crippen MR) is 84.6 cm³/mol. The van der Waals surface area contributed by atoms with Crippen molar-refractivity contribution in [2.75, 3.05) is 0 Å². The molecular formula is C17H13NO2S. The standard InChI is InChI=1S/C17H13NO2S/c19-17-14(15-11-21-12-18-15)8-4-5-9-16(17)20-10-13-6-2-1-3-7-13/h1-9,11-12H,10H2. The van der Waals surface area contributed by atoms with Gasteiger partial charge in [-0.3, -0.25) is 4.79 Å². The Bertz CT molecular complexity index is 770. The molecule has 0 aliphatic carbocycles. The van der Waals surface area contributed by atoms with Gasteiger partial charge in [0, 0.05) is 5.38 Å². The molecule has 0 amide bonds. The molecule has 0 N–H and O–H groups in total. The van der Waals surface area contributed by atoms with Crippen LogP contribution in [0.3, 0.4) is 0 Å². The summed E-state index contributed by atoms with van der Waals surface area (Å²) in [6, 6.07) is 16.9. The van der Waals surface area contributed by atoms with E-state index in [1.807, 2.05) is 41.8 Å². The third kappa shape index (κ3) is 3.17. The number of ether oxygens (including phenoxy) is 1. The predicted octanol–water partition coefficient (Wildman–Crippen LogP) is 3.75. The molecule has 3 rings (SSSR count). The SMILES string of the molecule is O=c1c(OCc2ccccc2)ccccc1-c1cscn1. The van der Waals surface area contributed by atoms with Gasteiger partial charge in [-0.1, -0.05) is 42.5 Å². The van der Waals surface area contributed by atoms with E-state index in [1.165, 1.54) is 11.3 Å². The summed E-state index contributed by atoms with van der Waals surface area (Å²) in [4.78, 5) is 16.7.